The lowest BCUT2D eigenvalue weighted by molar-refractivity contribution is 0.0496. The largest absolute Gasteiger partial charge is 0.493 e. The van der Waals surface area contributed by atoms with Crippen molar-refractivity contribution in [3.63, 3.8) is 0 Å². The van der Waals surface area contributed by atoms with Crippen LogP contribution < -0.4 is 10.1 Å². The van der Waals surface area contributed by atoms with Crippen LogP contribution in [0.15, 0.2) is 36.4 Å². The molecule has 1 aliphatic rings. The molecule has 2 aromatic rings. The van der Waals surface area contributed by atoms with Crippen LogP contribution in [0.1, 0.15) is 18.4 Å². The third-order valence-corrected chi connectivity index (χ3v) is 4.17. The van der Waals surface area contributed by atoms with E-state index in [1.807, 2.05) is 7.05 Å². The molecular formula is C18H23NO2. The van der Waals surface area contributed by atoms with Gasteiger partial charge < -0.3 is 14.8 Å². The Morgan fingerprint density at radius 2 is 1.95 bits per heavy atom. The summed E-state index contributed by atoms with van der Waals surface area (Å²) in [6.07, 6.45) is 2.21. The molecule has 1 fully saturated rings. The molecule has 1 N–H and O–H groups in total. The minimum absolute atomic E-state index is 0.618. The van der Waals surface area contributed by atoms with Crippen LogP contribution >= 0.6 is 0 Å². The SMILES string of the molecule is CNCc1c(OCC2CCOCC2)ccc2ccccc12. The highest BCUT2D eigenvalue weighted by Crippen LogP contribution is 2.29. The van der Waals surface area contributed by atoms with Crippen molar-refractivity contribution in [3.8, 4) is 5.75 Å². The van der Waals surface area contributed by atoms with Gasteiger partial charge in [-0.1, -0.05) is 30.3 Å². The van der Waals surface area contributed by atoms with Gasteiger partial charge in [-0.3, -0.25) is 0 Å². The number of fused-ring (bicyclic) bond motifs is 1. The molecule has 0 bridgehead atoms. The highest BCUT2D eigenvalue weighted by molar-refractivity contribution is 5.87. The summed E-state index contributed by atoms with van der Waals surface area (Å²) in [6.45, 7) is 3.35. The Morgan fingerprint density at radius 3 is 2.76 bits per heavy atom. The summed E-state index contributed by atoms with van der Waals surface area (Å²) in [5.74, 6) is 1.63. The molecule has 3 nitrogen and oxygen atoms in total. The van der Waals surface area contributed by atoms with E-state index in [2.05, 4.69) is 41.7 Å². The molecule has 0 saturated carbocycles. The summed E-state index contributed by atoms with van der Waals surface area (Å²) in [5.41, 5.74) is 1.25. The minimum atomic E-state index is 0.618. The zero-order valence-corrected chi connectivity index (χ0v) is 12.6. The smallest absolute Gasteiger partial charge is 0.124 e. The van der Waals surface area contributed by atoms with Crippen molar-refractivity contribution in [2.24, 2.45) is 5.92 Å². The van der Waals surface area contributed by atoms with Gasteiger partial charge in [0.1, 0.15) is 5.75 Å². The van der Waals surface area contributed by atoms with E-state index in [9.17, 15) is 0 Å². The first-order valence-electron chi connectivity index (χ1n) is 7.74. The maximum atomic E-state index is 6.14. The molecule has 0 spiro atoms. The third kappa shape index (κ3) is 3.36. The normalized spacial score (nSPS) is 16.2. The molecule has 112 valence electrons. The van der Waals surface area contributed by atoms with Gasteiger partial charge in [-0.25, -0.2) is 0 Å². The fourth-order valence-corrected chi connectivity index (χ4v) is 2.93. The Kier molecular flexibility index (Phi) is 4.73. The molecule has 0 unspecified atom stereocenters. The quantitative estimate of drug-likeness (QED) is 0.913. The van der Waals surface area contributed by atoms with E-state index in [1.165, 1.54) is 16.3 Å². The molecule has 0 radical (unpaired) electrons. The summed E-state index contributed by atoms with van der Waals surface area (Å²) in [7, 11) is 1.98. The summed E-state index contributed by atoms with van der Waals surface area (Å²) < 4.78 is 11.5. The van der Waals surface area contributed by atoms with Crippen LogP contribution in [0, 0.1) is 5.92 Å². The second kappa shape index (κ2) is 6.92. The first-order valence-corrected chi connectivity index (χ1v) is 7.74. The molecule has 0 atom stereocenters. The summed E-state index contributed by atoms with van der Waals surface area (Å²) >= 11 is 0. The predicted octanol–water partition coefficient (Wildman–Crippen LogP) is 3.36. The second-order valence-electron chi connectivity index (χ2n) is 5.66. The Labute approximate surface area is 126 Å². The zero-order chi connectivity index (χ0) is 14.5. The van der Waals surface area contributed by atoms with Gasteiger partial charge >= 0.3 is 0 Å². The van der Waals surface area contributed by atoms with E-state index in [-0.39, 0.29) is 0 Å². The van der Waals surface area contributed by atoms with Gasteiger partial charge in [0.05, 0.1) is 6.61 Å². The lowest BCUT2D eigenvalue weighted by Gasteiger charge is -2.23. The first kappa shape index (κ1) is 14.4. The lowest BCUT2D eigenvalue weighted by Crippen LogP contribution is -2.22. The first-order chi connectivity index (χ1) is 10.4. The fraction of sp³-hybridized carbons (Fsp3) is 0.444. The number of ether oxygens (including phenoxy) is 2. The van der Waals surface area contributed by atoms with Crippen LogP contribution in [0.2, 0.25) is 0 Å². The monoisotopic (exact) mass is 285 g/mol. The van der Waals surface area contributed by atoms with Crippen LogP contribution in [-0.4, -0.2) is 26.9 Å². The Hall–Kier alpha value is -1.58. The number of rotatable bonds is 5. The van der Waals surface area contributed by atoms with Crippen LogP contribution in [0.25, 0.3) is 10.8 Å². The standard InChI is InChI=1S/C18H23NO2/c1-19-12-17-16-5-3-2-4-15(16)6-7-18(17)21-13-14-8-10-20-11-9-14/h2-7,14,19H,8-13H2,1H3. The molecule has 0 aliphatic carbocycles. The van der Waals surface area contributed by atoms with E-state index < -0.39 is 0 Å². The number of hydrogen-bond donors (Lipinski definition) is 1. The molecule has 21 heavy (non-hydrogen) atoms. The maximum Gasteiger partial charge on any atom is 0.124 e. The van der Waals surface area contributed by atoms with Crippen molar-refractivity contribution < 1.29 is 9.47 Å². The van der Waals surface area contributed by atoms with Gasteiger partial charge in [0.15, 0.2) is 0 Å². The highest BCUT2D eigenvalue weighted by Gasteiger charge is 2.16. The molecule has 2 aromatic carbocycles. The Balaban J connectivity index is 1.81. The average Bonchev–Trinajstić information content (AvgIpc) is 2.55. The van der Waals surface area contributed by atoms with Crippen LogP contribution in [0.3, 0.4) is 0 Å². The molecule has 1 heterocycles. The van der Waals surface area contributed by atoms with Crippen molar-refractivity contribution in [1.29, 1.82) is 0 Å². The van der Waals surface area contributed by atoms with Gasteiger partial charge in [0, 0.05) is 25.3 Å². The van der Waals surface area contributed by atoms with Gasteiger partial charge in [0.2, 0.25) is 0 Å². The van der Waals surface area contributed by atoms with Crippen molar-refractivity contribution in [2.75, 3.05) is 26.9 Å². The van der Waals surface area contributed by atoms with E-state index in [1.54, 1.807) is 0 Å². The molecule has 0 amide bonds. The van der Waals surface area contributed by atoms with E-state index in [0.29, 0.717) is 5.92 Å². The van der Waals surface area contributed by atoms with Crippen molar-refractivity contribution in [2.45, 2.75) is 19.4 Å². The fourth-order valence-electron chi connectivity index (χ4n) is 2.93. The zero-order valence-electron chi connectivity index (χ0n) is 12.6. The second-order valence-corrected chi connectivity index (χ2v) is 5.66. The number of nitrogens with one attached hydrogen (secondary N) is 1. The van der Waals surface area contributed by atoms with Crippen molar-refractivity contribution in [3.05, 3.63) is 42.0 Å². The molecule has 0 aromatic heterocycles. The minimum Gasteiger partial charge on any atom is -0.493 e. The predicted molar refractivity (Wildman–Crippen MR) is 85.7 cm³/mol. The maximum absolute atomic E-state index is 6.14. The van der Waals surface area contributed by atoms with E-state index >= 15 is 0 Å². The molecule has 1 saturated heterocycles. The van der Waals surface area contributed by atoms with Crippen LogP contribution in [0.4, 0.5) is 0 Å². The summed E-state index contributed by atoms with van der Waals surface area (Å²) in [5, 5.41) is 5.79. The summed E-state index contributed by atoms with van der Waals surface area (Å²) in [4.78, 5) is 0. The highest BCUT2D eigenvalue weighted by atomic mass is 16.5. The van der Waals surface area contributed by atoms with Crippen LogP contribution in [-0.2, 0) is 11.3 Å². The summed E-state index contributed by atoms with van der Waals surface area (Å²) in [6, 6.07) is 12.7. The Morgan fingerprint density at radius 1 is 1.14 bits per heavy atom. The lowest BCUT2D eigenvalue weighted by atomic mass is 10.0. The van der Waals surface area contributed by atoms with Crippen molar-refractivity contribution >= 4 is 10.8 Å². The molecule has 1 aliphatic heterocycles. The number of benzene rings is 2. The van der Waals surface area contributed by atoms with Crippen molar-refractivity contribution in [1.82, 2.24) is 5.32 Å². The third-order valence-electron chi connectivity index (χ3n) is 4.17. The number of hydrogen-bond acceptors (Lipinski definition) is 3. The van der Waals surface area contributed by atoms with Gasteiger partial charge in [-0.15, -0.1) is 0 Å². The van der Waals surface area contributed by atoms with Gasteiger partial charge in [-0.2, -0.15) is 0 Å². The molecular weight excluding hydrogens is 262 g/mol. The molecule has 3 rings (SSSR count). The van der Waals surface area contributed by atoms with E-state index in [0.717, 1.165) is 45.0 Å². The average molecular weight is 285 g/mol. The van der Waals surface area contributed by atoms with Gasteiger partial charge in [0.25, 0.3) is 0 Å². The van der Waals surface area contributed by atoms with Gasteiger partial charge in [-0.05, 0) is 42.6 Å². The Bertz CT molecular complexity index is 591. The van der Waals surface area contributed by atoms with Crippen LogP contribution in [0.5, 0.6) is 5.75 Å². The molecule has 3 heteroatoms. The van der Waals surface area contributed by atoms with E-state index in [4.69, 9.17) is 9.47 Å². The topological polar surface area (TPSA) is 30.5 Å².